The molecule has 0 unspecified atom stereocenters. The molecule has 0 bridgehead atoms. The molecule has 0 spiro atoms. The van der Waals surface area contributed by atoms with Crippen LogP contribution in [0.2, 0.25) is 5.02 Å². The largest absolute Gasteiger partial charge is 0.348 e. The summed E-state index contributed by atoms with van der Waals surface area (Å²) in [7, 11) is 0. The van der Waals surface area contributed by atoms with Gasteiger partial charge in [0.2, 0.25) is 5.91 Å². The van der Waals surface area contributed by atoms with Gasteiger partial charge in [-0.1, -0.05) is 22.9 Å². The topological polar surface area (TPSA) is 128 Å². The average molecular weight is 520 g/mol. The number of carbonyl (C=O) groups excluding carboxylic acids is 2. The fourth-order valence-corrected chi connectivity index (χ4v) is 5.81. The number of nitrogens with zero attached hydrogens (tertiary/aromatic N) is 4. The lowest BCUT2D eigenvalue weighted by Gasteiger charge is -2.15. The number of aromatic nitrogens is 4. The quantitative estimate of drug-likeness (QED) is 0.369. The van der Waals surface area contributed by atoms with Crippen molar-refractivity contribution in [2.45, 2.75) is 38.3 Å². The molecule has 182 valence electrons. The van der Waals surface area contributed by atoms with Gasteiger partial charge in [-0.15, -0.1) is 0 Å². The molecule has 2 aliphatic carbocycles. The number of carbonyl (C=O) groups is 2. The van der Waals surface area contributed by atoms with Crippen molar-refractivity contribution in [2.24, 2.45) is 5.73 Å². The molecule has 11 heteroatoms. The molecule has 2 amide bonds. The number of thiazole rings is 1. The van der Waals surface area contributed by atoms with Crippen molar-refractivity contribution in [3.05, 3.63) is 64.6 Å². The van der Waals surface area contributed by atoms with E-state index in [0.29, 0.717) is 21.4 Å². The van der Waals surface area contributed by atoms with E-state index in [0.717, 1.165) is 52.3 Å². The predicted molar refractivity (Wildman–Crippen MR) is 138 cm³/mol. The van der Waals surface area contributed by atoms with Gasteiger partial charge in [0.1, 0.15) is 0 Å². The number of nitrogens with two attached hydrogens (primary N) is 1. The molecule has 1 aromatic carbocycles. The standard InChI is InChI=1S/C25H22ClN7O2S/c1-12(34)29-25-31-18-6-5-15-21(14-3-2-8-28-11-14)32-33(22(15)23(18)36-25)20-7-4-13(9-16(20)26)24(35)30-19-10-17(19)27/h2-4,7-9,11,17,19H,5-6,10,27H2,1H3,(H,30,35)(H,29,31,34)/t17-,19-/m1/s1. The highest BCUT2D eigenvalue weighted by Gasteiger charge is 2.35. The lowest BCUT2D eigenvalue weighted by atomic mass is 9.95. The second kappa shape index (κ2) is 8.81. The second-order valence-electron chi connectivity index (χ2n) is 8.95. The Morgan fingerprint density at radius 1 is 1.25 bits per heavy atom. The van der Waals surface area contributed by atoms with Crippen LogP contribution in [-0.2, 0) is 17.6 Å². The van der Waals surface area contributed by atoms with Crippen LogP contribution in [-0.4, -0.2) is 43.6 Å². The zero-order valence-electron chi connectivity index (χ0n) is 19.3. The molecule has 0 aliphatic heterocycles. The number of fused-ring (bicyclic) bond motifs is 3. The summed E-state index contributed by atoms with van der Waals surface area (Å²) in [6.07, 6.45) is 5.76. The van der Waals surface area contributed by atoms with Crippen LogP contribution in [0.5, 0.6) is 0 Å². The average Bonchev–Trinajstić information content (AvgIpc) is 3.24. The first-order chi connectivity index (χ1) is 17.4. The monoisotopic (exact) mass is 519 g/mol. The van der Waals surface area contributed by atoms with Crippen LogP contribution in [0.3, 0.4) is 0 Å². The summed E-state index contributed by atoms with van der Waals surface area (Å²) in [4.78, 5) is 34.1. The third-order valence-electron chi connectivity index (χ3n) is 6.32. The first kappa shape index (κ1) is 22.8. The van der Waals surface area contributed by atoms with Gasteiger partial charge in [-0.2, -0.15) is 5.10 Å². The maximum atomic E-state index is 12.6. The number of halogens is 1. The summed E-state index contributed by atoms with van der Waals surface area (Å²) in [5.74, 6) is -0.375. The summed E-state index contributed by atoms with van der Waals surface area (Å²) >= 11 is 8.15. The summed E-state index contributed by atoms with van der Waals surface area (Å²) in [5.41, 5.74) is 11.5. The van der Waals surface area contributed by atoms with Gasteiger partial charge in [0, 0.05) is 48.1 Å². The number of hydrogen-bond acceptors (Lipinski definition) is 7. The molecule has 1 saturated carbocycles. The van der Waals surface area contributed by atoms with Gasteiger partial charge in [-0.25, -0.2) is 9.67 Å². The minimum absolute atomic E-state index is 0.0127. The molecule has 3 aromatic heterocycles. The molecule has 0 radical (unpaired) electrons. The number of aryl methyl sites for hydroxylation is 1. The van der Waals surface area contributed by atoms with Crippen LogP contribution in [0, 0.1) is 0 Å². The predicted octanol–water partition coefficient (Wildman–Crippen LogP) is 3.60. The fraction of sp³-hybridized carbons (Fsp3) is 0.240. The highest BCUT2D eigenvalue weighted by Crippen LogP contribution is 2.44. The fourth-order valence-electron chi connectivity index (χ4n) is 4.44. The van der Waals surface area contributed by atoms with Gasteiger partial charge in [0.05, 0.1) is 32.7 Å². The Morgan fingerprint density at radius 2 is 2.08 bits per heavy atom. The van der Waals surface area contributed by atoms with Gasteiger partial charge in [0.15, 0.2) is 5.13 Å². The Kier molecular flexibility index (Phi) is 5.59. The Labute approximate surface area is 215 Å². The van der Waals surface area contributed by atoms with Gasteiger partial charge in [0.25, 0.3) is 5.91 Å². The molecule has 2 atom stereocenters. The number of nitrogens with one attached hydrogen (secondary N) is 2. The number of amides is 2. The van der Waals surface area contributed by atoms with E-state index in [1.807, 2.05) is 16.8 Å². The van der Waals surface area contributed by atoms with Crippen LogP contribution in [0.1, 0.15) is 35.0 Å². The van der Waals surface area contributed by atoms with Gasteiger partial charge in [-0.3, -0.25) is 14.6 Å². The summed E-state index contributed by atoms with van der Waals surface area (Å²) in [6.45, 7) is 1.46. The first-order valence-corrected chi connectivity index (χ1v) is 12.7. The highest BCUT2D eigenvalue weighted by atomic mass is 35.5. The highest BCUT2D eigenvalue weighted by molar-refractivity contribution is 7.19. The van der Waals surface area contributed by atoms with Crippen molar-refractivity contribution in [1.82, 2.24) is 25.1 Å². The van der Waals surface area contributed by atoms with E-state index in [9.17, 15) is 9.59 Å². The van der Waals surface area contributed by atoms with Gasteiger partial charge < -0.3 is 16.4 Å². The number of hydrogen-bond donors (Lipinski definition) is 3. The van der Waals surface area contributed by atoms with Crippen LogP contribution < -0.4 is 16.4 Å². The molecule has 0 saturated heterocycles. The maximum absolute atomic E-state index is 12.6. The van der Waals surface area contributed by atoms with Crippen molar-refractivity contribution in [1.29, 1.82) is 0 Å². The molecule has 9 nitrogen and oxygen atoms in total. The van der Waals surface area contributed by atoms with Crippen molar-refractivity contribution < 1.29 is 9.59 Å². The molecule has 4 N–H and O–H groups in total. The lowest BCUT2D eigenvalue weighted by Crippen LogP contribution is -2.29. The second-order valence-corrected chi connectivity index (χ2v) is 10.4. The molecular weight excluding hydrogens is 498 g/mol. The van der Waals surface area contributed by atoms with Gasteiger partial charge >= 0.3 is 0 Å². The van der Waals surface area contributed by atoms with E-state index < -0.39 is 0 Å². The number of benzene rings is 1. The lowest BCUT2D eigenvalue weighted by molar-refractivity contribution is -0.114. The Hall–Kier alpha value is -3.60. The number of pyridine rings is 1. The maximum Gasteiger partial charge on any atom is 0.251 e. The van der Waals surface area contributed by atoms with Crippen molar-refractivity contribution >= 4 is 39.9 Å². The molecule has 3 heterocycles. The third-order valence-corrected chi connectivity index (χ3v) is 7.64. The van der Waals surface area contributed by atoms with Crippen LogP contribution in [0.4, 0.5) is 5.13 Å². The van der Waals surface area contributed by atoms with Crippen LogP contribution in [0.15, 0.2) is 42.7 Å². The van der Waals surface area contributed by atoms with E-state index >= 15 is 0 Å². The molecular formula is C25H22ClN7O2S. The Balaban J connectivity index is 1.47. The molecule has 36 heavy (non-hydrogen) atoms. The Bertz CT molecular complexity index is 1510. The van der Waals surface area contributed by atoms with Crippen molar-refractivity contribution in [3.63, 3.8) is 0 Å². The van der Waals surface area contributed by atoms with Crippen molar-refractivity contribution in [2.75, 3.05) is 5.32 Å². The summed E-state index contributed by atoms with van der Waals surface area (Å²) in [6, 6.07) is 9.07. The zero-order valence-corrected chi connectivity index (χ0v) is 20.9. The molecule has 6 rings (SSSR count). The summed E-state index contributed by atoms with van der Waals surface area (Å²) in [5, 5.41) is 11.6. The molecule has 1 fully saturated rings. The van der Waals surface area contributed by atoms with E-state index in [1.54, 1.807) is 30.6 Å². The van der Waals surface area contributed by atoms with E-state index in [-0.39, 0.29) is 23.9 Å². The smallest absolute Gasteiger partial charge is 0.251 e. The number of rotatable bonds is 5. The van der Waals surface area contributed by atoms with Crippen molar-refractivity contribution in [3.8, 4) is 27.5 Å². The SMILES string of the molecule is CC(=O)Nc1nc2c(s1)-c1c(c(-c3cccnc3)nn1-c1ccc(C(=O)N[C@@H]3C[C@H]3N)cc1Cl)CC2. The van der Waals surface area contributed by atoms with E-state index in [2.05, 4.69) is 20.6 Å². The van der Waals surface area contributed by atoms with Crippen LogP contribution in [0.25, 0.3) is 27.5 Å². The Morgan fingerprint density at radius 3 is 2.78 bits per heavy atom. The zero-order chi connectivity index (χ0) is 25.0. The minimum Gasteiger partial charge on any atom is -0.348 e. The molecule has 4 aromatic rings. The van der Waals surface area contributed by atoms with E-state index in [1.165, 1.54) is 18.3 Å². The van der Waals surface area contributed by atoms with Gasteiger partial charge in [-0.05, 0) is 49.6 Å². The normalized spacial score (nSPS) is 17.8. The van der Waals surface area contributed by atoms with Crippen LogP contribution >= 0.6 is 22.9 Å². The first-order valence-electron chi connectivity index (χ1n) is 11.6. The number of anilines is 1. The van der Waals surface area contributed by atoms with E-state index in [4.69, 9.17) is 22.4 Å². The summed E-state index contributed by atoms with van der Waals surface area (Å²) < 4.78 is 1.81. The minimum atomic E-state index is -0.204. The third kappa shape index (κ3) is 4.06. The molecule has 2 aliphatic rings.